The van der Waals surface area contributed by atoms with E-state index in [1.807, 2.05) is 24.3 Å². The van der Waals surface area contributed by atoms with Crippen LogP contribution in [0, 0.1) is 11.3 Å². The summed E-state index contributed by atoms with van der Waals surface area (Å²) in [6, 6.07) is 21.8. The number of aromatic nitrogens is 1. The van der Waals surface area contributed by atoms with Crippen molar-refractivity contribution in [3.8, 4) is 28.3 Å². The predicted octanol–water partition coefficient (Wildman–Crippen LogP) is 8.30. The molecular formula is C30H22Cl3N3O3. The summed E-state index contributed by atoms with van der Waals surface area (Å²) in [5.41, 5.74) is 5.50. The number of carboxylic acid groups (broad SMARTS) is 1. The SMILES string of the molecule is N#Cc1cc(NCc2ccc(Cl)cc2-c2ccc(C(=O)CCCC(=O)O)nc2)ccc1-c1ccc(Cl)cc1Cl. The number of carboxylic acids is 1. The van der Waals surface area contributed by atoms with E-state index in [9.17, 15) is 14.9 Å². The van der Waals surface area contributed by atoms with E-state index in [1.165, 1.54) is 0 Å². The maximum Gasteiger partial charge on any atom is 0.303 e. The quantitative estimate of drug-likeness (QED) is 0.183. The van der Waals surface area contributed by atoms with Crippen LogP contribution in [0.1, 0.15) is 40.9 Å². The molecule has 0 atom stereocenters. The van der Waals surface area contributed by atoms with Gasteiger partial charge in [-0.1, -0.05) is 59.1 Å². The molecule has 6 nitrogen and oxygen atoms in total. The van der Waals surface area contributed by atoms with E-state index in [0.717, 1.165) is 27.9 Å². The highest BCUT2D eigenvalue weighted by molar-refractivity contribution is 6.36. The van der Waals surface area contributed by atoms with Crippen LogP contribution >= 0.6 is 34.8 Å². The summed E-state index contributed by atoms with van der Waals surface area (Å²) < 4.78 is 0. The molecule has 196 valence electrons. The second-order valence-electron chi connectivity index (χ2n) is 8.75. The van der Waals surface area contributed by atoms with Gasteiger partial charge in [0.1, 0.15) is 5.69 Å². The third-order valence-electron chi connectivity index (χ3n) is 6.07. The minimum atomic E-state index is -0.932. The van der Waals surface area contributed by atoms with Crippen LogP contribution in [0.2, 0.25) is 15.1 Å². The van der Waals surface area contributed by atoms with Gasteiger partial charge in [-0.2, -0.15) is 5.26 Å². The highest BCUT2D eigenvalue weighted by Gasteiger charge is 2.13. The molecule has 1 aromatic heterocycles. The average Bonchev–Trinajstić information content (AvgIpc) is 2.92. The van der Waals surface area contributed by atoms with Crippen molar-refractivity contribution < 1.29 is 14.7 Å². The fraction of sp³-hybridized carbons (Fsp3) is 0.133. The molecule has 0 saturated carbocycles. The molecule has 9 heteroatoms. The van der Waals surface area contributed by atoms with E-state index >= 15 is 0 Å². The van der Waals surface area contributed by atoms with Gasteiger partial charge >= 0.3 is 5.97 Å². The van der Waals surface area contributed by atoms with E-state index in [4.69, 9.17) is 39.9 Å². The Labute approximate surface area is 240 Å². The van der Waals surface area contributed by atoms with Gasteiger partial charge in [-0.25, -0.2) is 0 Å². The van der Waals surface area contributed by atoms with Crippen LogP contribution in [0.4, 0.5) is 5.69 Å². The lowest BCUT2D eigenvalue weighted by Gasteiger charge is -2.14. The number of rotatable bonds is 10. The minimum Gasteiger partial charge on any atom is -0.481 e. The number of hydrogen-bond acceptors (Lipinski definition) is 5. The molecule has 0 aliphatic heterocycles. The van der Waals surface area contributed by atoms with Crippen molar-refractivity contribution in [1.29, 1.82) is 5.26 Å². The molecule has 3 aromatic carbocycles. The average molecular weight is 579 g/mol. The molecule has 0 bridgehead atoms. The number of carbonyl (C=O) groups excluding carboxylic acids is 1. The first-order valence-electron chi connectivity index (χ1n) is 12.0. The first-order chi connectivity index (χ1) is 18.7. The number of Topliss-reactive ketones (excluding diaryl/α,β-unsaturated/α-hetero) is 1. The summed E-state index contributed by atoms with van der Waals surface area (Å²) in [4.78, 5) is 27.3. The van der Waals surface area contributed by atoms with Gasteiger partial charge in [0.25, 0.3) is 0 Å². The Kier molecular flexibility index (Phi) is 9.21. The summed E-state index contributed by atoms with van der Waals surface area (Å²) in [7, 11) is 0. The van der Waals surface area contributed by atoms with Gasteiger partial charge < -0.3 is 10.4 Å². The fourth-order valence-electron chi connectivity index (χ4n) is 4.10. The summed E-state index contributed by atoms with van der Waals surface area (Å²) >= 11 is 18.7. The van der Waals surface area contributed by atoms with Crippen molar-refractivity contribution in [3.63, 3.8) is 0 Å². The van der Waals surface area contributed by atoms with Crippen LogP contribution in [0.25, 0.3) is 22.3 Å². The molecule has 0 spiro atoms. The van der Waals surface area contributed by atoms with Gasteiger partial charge in [-0.15, -0.1) is 0 Å². The first kappa shape index (κ1) is 28.1. The molecule has 0 radical (unpaired) electrons. The van der Waals surface area contributed by atoms with Crippen LogP contribution in [0.5, 0.6) is 0 Å². The molecular weight excluding hydrogens is 557 g/mol. The first-order valence-corrected chi connectivity index (χ1v) is 13.1. The molecule has 0 aliphatic rings. The largest absolute Gasteiger partial charge is 0.481 e. The minimum absolute atomic E-state index is 0.0594. The van der Waals surface area contributed by atoms with Crippen LogP contribution < -0.4 is 5.32 Å². The smallest absolute Gasteiger partial charge is 0.303 e. The lowest BCUT2D eigenvalue weighted by Crippen LogP contribution is -2.05. The number of halogens is 3. The van der Waals surface area contributed by atoms with Crippen molar-refractivity contribution in [2.75, 3.05) is 5.32 Å². The summed E-state index contributed by atoms with van der Waals surface area (Å²) in [6.07, 6.45) is 1.94. The van der Waals surface area contributed by atoms with Crippen LogP contribution in [-0.2, 0) is 11.3 Å². The number of ketones is 1. The van der Waals surface area contributed by atoms with E-state index in [2.05, 4.69) is 16.4 Å². The molecule has 0 unspecified atom stereocenters. The Morgan fingerprint density at radius 2 is 1.62 bits per heavy atom. The van der Waals surface area contributed by atoms with Crippen molar-refractivity contribution in [2.24, 2.45) is 0 Å². The molecule has 39 heavy (non-hydrogen) atoms. The molecule has 0 fully saturated rings. The molecule has 0 amide bonds. The van der Waals surface area contributed by atoms with Gasteiger partial charge in [0.15, 0.2) is 5.78 Å². The van der Waals surface area contributed by atoms with Crippen molar-refractivity contribution in [3.05, 3.63) is 105 Å². The standard InChI is InChI=1S/C30H22Cl3N3O3/c31-21-6-4-18(26(13-21)19-5-11-28(36-17-19)29(37)2-1-3-30(38)39)16-35-23-8-10-24(20(12-23)15-34)25-9-7-22(32)14-27(25)33/h4-14,17,35H,1-3,16H2,(H,38,39). The number of benzene rings is 3. The number of nitriles is 1. The number of aliphatic carboxylic acids is 1. The number of pyridine rings is 1. The molecule has 0 aliphatic carbocycles. The topological polar surface area (TPSA) is 103 Å². The zero-order valence-electron chi connectivity index (χ0n) is 20.5. The Balaban J connectivity index is 1.52. The number of nitrogens with one attached hydrogen (secondary N) is 1. The van der Waals surface area contributed by atoms with Crippen LogP contribution in [0.3, 0.4) is 0 Å². The highest BCUT2D eigenvalue weighted by atomic mass is 35.5. The molecule has 2 N–H and O–H groups in total. The Hall–Kier alpha value is -3.89. The van der Waals surface area contributed by atoms with Crippen LogP contribution in [-0.4, -0.2) is 21.8 Å². The number of carbonyl (C=O) groups is 2. The van der Waals surface area contributed by atoms with Gasteiger partial charge in [0.2, 0.25) is 0 Å². The number of hydrogen-bond donors (Lipinski definition) is 2. The third-order valence-corrected chi connectivity index (χ3v) is 6.85. The van der Waals surface area contributed by atoms with E-state index in [0.29, 0.717) is 32.7 Å². The van der Waals surface area contributed by atoms with E-state index in [1.54, 1.807) is 48.7 Å². The van der Waals surface area contributed by atoms with Crippen molar-refractivity contribution in [2.45, 2.75) is 25.8 Å². The predicted molar refractivity (Wildman–Crippen MR) is 154 cm³/mol. The highest BCUT2D eigenvalue weighted by Crippen LogP contribution is 2.34. The normalized spacial score (nSPS) is 10.6. The monoisotopic (exact) mass is 577 g/mol. The lowest BCUT2D eigenvalue weighted by atomic mass is 9.98. The fourth-order valence-corrected chi connectivity index (χ4v) is 4.79. The van der Waals surface area contributed by atoms with Gasteiger partial charge in [-0.3, -0.25) is 14.6 Å². The maximum atomic E-state index is 12.3. The Morgan fingerprint density at radius 1 is 0.872 bits per heavy atom. The summed E-state index contributed by atoms with van der Waals surface area (Å²) in [5.74, 6) is -1.13. The zero-order valence-corrected chi connectivity index (χ0v) is 22.8. The summed E-state index contributed by atoms with van der Waals surface area (Å²) in [5, 5.41) is 23.4. The maximum absolute atomic E-state index is 12.3. The van der Waals surface area contributed by atoms with Gasteiger partial charge in [0.05, 0.1) is 11.6 Å². The lowest BCUT2D eigenvalue weighted by molar-refractivity contribution is -0.137. The van der Waals surface area contributed by atoms with E-state index in [-0.39, 0.29) is 30.7 Å². The van der Waals surface area contributed by atoms with Gasteiger partial charge in [-0.05, 0) is 60.0 Å². The molecule has 0 saturated heterocycles. The summed E-state index contributed by atoms with van der Waals surface area (Å²) in [6.45, 7) is 0.439. The van der Waals surface area contributed by atoms with Gasteiger partial charge in [0, 0.05) is 63.0 Å². The van der Waals surface area contributed by atoms with Crippen molar-refractivity contribution >= 4 is 52.2 Å². The molecule has 4 rings (SSSR count). The molecule has 1 heterocycles. The van der Waals surface area contributed by atoms with Crippen LogP contribution in [0.15, 0.2) is 72.9 Å². The Bertz CT molecular complexity index is 1580. The molecule has 4 aromatic rings. The second-order valence-corrected chi connectivity index (χ2v) is 10.0. The number of anilines is 1. The van der Waals surface area contributed by atoms with E-state index < -0.39 is 5.97 Å². The Morgan fingerprint density at radius 3 is 2.31 bits per heavy atom. The zero-order chi connectivity index (χ0) is 27.9. The second kappa shape index (κ2) is 12.8. The van der Waals surface area contributed by atoms with Crippen molar-refractivity contribution in [1.82, 2.24) is 4.98 Å². The third kappa shape index (κ3) is 7.15. The number of nitrogens with zero attached hydrogens (tertiary/aromatic N) is 2.